The van der Waals surface area contributed by atoms with E-state index in [4.69, 9.17) is 19.4 Å². The number of amides is 1. The summed E-state index contributed by atoms with van der Waals surface area (Å²) in [7, 11) is 1.92. The van der Waals surface area contributed by atoms with Crippen LogP contribution < -0.4 is 4.90 Å². The number of halogens is 3. The molecule has 1 atom stereocenters. The molecule has 1 spiro atoms. The minimum Gasteiger partial charge on any atom is -0.475 e. The van der Waals surface area contributed by atoms with E-state index in [0.29, 0.717) is 19.8 Å². The van der Waals surface area contributed by atoms with E-state index in [9.17, 15) is 18.0 Å². The van der Waals surface area contributed by atoms with Crippen molar-refractivity contribution in [2.45, 2.75) is 18.3 Å². The molecule has 1 aromatic carbocycles. The normalized spacial score (nSPS) is 21.9. The van der Waals surface area contributed by atoms with Gasteiger partial charge in [-0.1, -0.05) is 18.2 Å². The van der Waals surface area contributed by atoms with Gasteiger partial charge in [-0.15, -0.1) is 0 Å². The van der Waals surface area contributed by atoms with Crippen LogP contribution in [0.25, 0.3) is 0 Å². The standard InChI is InChI=1S/C19H24N4O3.C2HF3O2/c1-21-10-16(9-20-21)11-22-7-8-25-15-19(13-22)14-23(18(24)12-26-19)17-5-3-2-4-6-17;3-2(4,5)1(6)7/h2-6,9-10H,7-8,11-15H2,1H3;(H,6,7). The number of morpholine rings is 1. The van der Waals surface area contributed by atoms with Crippen molar-refractivity contribution >= 4 is 17.6 Å². The lowest BCUT2D eigenvalue weighted by molar-refractivity contribution is -0.192. The van der Waals surface area contributed by atoms with Crippen LogP contribution in [-0.4, -0.2) is 82.9 Å². The van der Waals surface area contributed by atoms with Crippen LogP contribution in [0.15, 0.2) is 42.7 Å². The molecule has 0 aliphatic carbocycles. The van der Waals surface area contributed by atoms with Gasteiger partial charge in [-0.25, -0.2) is 4.79 Å². The number of rotatable bonds is 3. The van der Waals surface area contributed by atoms with Crippen LogP contribution in [-0.2, 0) is 32.7 Å². The van der Waals surface area contributed by atoms with E-state index in [2.05, 4.69) is 10.00 Å². The fourth-order valence-electron chi connectivity index (χ4n) is 3.67. The summed E-state index contributed by atoms with van der Waals surface area (Å²) in [6.07, 6.45) is -1.17. The number of alkyl halides is 3. The van der Waals surface area contributed by atoms with Gasteiger partial charge in [-0.05, 0) is 12.1 Å². The molecule has 1 N–H and O–H groups in total. The van der Waals surface area contributed by atoms with Crippen LogP contribution in [0.4, 0.5) is 18.9 Å². The zero-order valence-electron chi connectivity index (χ0n) is 18.0. The molecule has 2 aromatic rings. The van der Waals surface area contributed by atoms with Crippen LogP contribution in [0.5, 0.6) is 0 Å². The number of carbonyl (C=O) groups is 2. The smallest absolute Gasteiger partial charge is 0.475 e. The number of benzene rings is 1. The molecule has 180 valence electrons. The number of aromatic nitrogens is 2. The summed E-state index contributed by atoms with van der Waals surface area (Å²) in [6.45, 7) is 4.08. The highest BCUT2D eigenvalue weighted by atomic mass is 19.4. The number of carboxylic acids is 1. The molecule has 9 nitrogen and oxygen atoms in total. The molecule has 1 unspecified atom stereocenters. The zero-order valence-corrected chi connectivity index (χ0v) is 18.0. The maximum Gasteiger partial charge on any atom is 0.490 e. The molecule has 4 rings (SSSR count). The molecule has 1 amide bonds. The van der Waals surface area contributed by atoms with Gasteiger partial charge in [0.2, 0.25) is 0 Å². The highest BCUT2D eigenvalue weighted by molar-refractivity contribution is 5.95. The molecular weight excluding hydrogens is 445 g/mol. The lowest BCUT2D eigenvalue weighted by Gasteiger charge is -2.43. The van der Waals surface area contributed by atoms with Gasteiger partial charge in [0.25, 0.3) is 5.91 Å². The lowest BCUT2D eigenvalue weighted by atomic mass is 10.0. The number of carboxylic acid groups (broad SMARTS) is 1. The number of ether oxygens (including phenoxy) is 2. The number of anilines is 1. The highest BCUT2D eigenvalue weighted by Gasteiger charge is 2.43. The minimum atomic E-state index is -5.08. The van der Waals surface area contributed by atoms with Crippen molar-refractivity contribution in [3.05, 3.63) is 48.3 Å². The fraction of sp³-hybridized carbons (Fsp3) is 0.476. The molecule has 0 bridgehead atoms. The molecule has 33 heavy (non-hydrogen) atoms. The van der Waals surface area contributed by atoms with Crippen molar-refractivity contribution in [2.75, 3.05) is 44.4 Å². The zero-order chi connectivity index (χ0) is 24.1. The third-order valence-corrected chi connectivity index (χ3v) is 5.15. The Hall–Kier alpha value is -2.96. The number of carbonyl (C=O) groups excluding carboxylic acids is 1. The van der Waals surface area contributed by atoms with E-state index in [1.165, 1.54) is 0 Å². The number of hydrogen-bond acceptors (Lipinski definition) is 6. The van der Waals surface area contributed by atoms with E-state index < -0.39 is 17.7 Å². The Morgan fingerprint density at radius 3 is 2.55 bits per heavy atom. The molecule has 1 aromatic heterocycles. The van der Waals surface area contributed by atoms with Crippen LogP contribution in [0.1, 0.15) is 5.56 Å². The van der Waals surface area contributed by atoms with Gasteiger partial charge in [-0.2, -0.15) is 18.3 Å². The summed E-state index contributed by atoms with van der Waals surface area (Å²) >= 11 is 0. The van der Waals surface area contributed by atoms with Crippen LogP contribution in [0, 0.1) is 0 Å². The van der Waals surface area contributed by atoms with Gasteiger partial charge in [0.05, 0.1) is 26.0 Å². The summed E-state index contributed by atoms with van der Waals surface area (Å²) in [5.41, 5.74) is 1.56. The Kier molecular flexibility index (Phi) is 7.72. The quantitative estimate of drug-likeness (QED) is 0.729. The Bertz CT molecular complexity index is 953. The number of aliphatic carboxylic acids is 1. The van der Waals surface area contributed by atoms with Gasteiger partial charge in [0, 0.05) is 44.1 Å². The van der Waals surface area contributed by atoms with Gasteiger partial charge >= 0.3 is 12.1 Å². The molecule has 3 heterocycles. The first kappa shape index (κ1) is 24.7. The molecule has 2 aliphatic rings. The third-order valence-electron chi connectivity index (χ3n) is 5.15. The lowest BCUT2D eigenvalue weighted by Crippen LogP contribution is -2.60. The maximum atomic E-state index is 12.4. The van der Waals surface area contributed by atoms with Crippen molar-refractivity contribution < 1.29 is 37.3 Å². The molecular formula is C21H25F3N4O5. The second-order valence-electron chi connectivity index (χ2n) is 7.88. The summed E-state index contributed by atoms with van der Waals surface area (Å²) in [6, 6.07) is 9.77. The number of para-hydroxylation sites is 1. The average molecular weight is 470 g/mol. The summed E-state index contributed by atoms with van der Waals surface area (Å²) < 4.78 is 45.4. The van der Waals surface area contributed by atoms with Crippen molar-refractivity contribution in [3.63, 3.8) is 0 Å². The van der Waals surface area contributed by atoms with Crippen LogP contribution in [0.2, 0.25) is 0 Å². The van der Waals surface area contributed by atoms with Crippen molar-refractivity contribution in [1.82, 2.24) is 14.7 Å². The Labute approximate surface area is 188 Å². The predicted molar refractivity (Wildman–Crippen MR) is 110 cm³/mol. The highest BCUT2D eigenvalue weighted by Crippen LogP contribution is 2.27. The van der Waals surface area contributed by atoms with Gasteiger partial charge in [0.15, 0.2) is 0 Å². The van der Waals surface area contributed by atoms with Crippen molar-refractivity contribution in [1.29, 1.82) is 0 Å². The molecule has 12 heteroatoms. The van der Waals surface area contributed by atoms with Crippen LogP contribution in [0.3, 0.4) is 0 Å². The van der Waals surface area contributed by atoms with Gasteiger partial charge in [0.1, 0.15) is 12.2 Å². The van der Waals surface area contributed by atoms with Gasteiger partial charge in [-0.3, -0.25) is 14.4 Å². The topological polar surface area (TPSA) is 97.1 Å². The van der Waals surface area contributed by atoms with Crippen LogP contribution >= 0.6 is 0 Å². The van der Waals surface area contributed by atoms with E-state index >= 15 is 0 Å². The monoisotopic (exact) mass is 470 g/mol. The molecule has 2 fully saturated rings. The third kappa shape index (κ3) is 6.76. The summed E-state index contributed by atoms with van der Waals surface area (Å²) in [5, 5.41) is 11.4. The largest absolute Gasteiger partial charge is 0.490 e. The first-order chi connectivity index (χ1) is 15.6. The first-order valence-electron chi connectivity index (χ1n) is 10.2. The summed E-state index contributed by atoms with van der Waals surface area (Å²) in [5.74, 6) is -2.77. The molecule has 2 aliphatic heterocycles. The number of aryl methyl sites for hydroxylation is 1. The van der Waals surface area contributed by atoms with Crippen molar-refractivity contribution in [3.8, 4) is 0 Å². The minimum absolute atomic E-state index is 0.00937. The molecule has 0 radical (unpaired) electrons. The Morgan fingerprint density at radius 2 is 1.94 bits per heavy atom. The Morgan fingerprint density at radius 1 is 1.24 bits per heavy atom. The maximum absolute atomic E-state index is 12.4. The second-order valence-corrected chi connectivity index (χ2v) is 7.88. The first-order valence-corrected chi connectivity index (χ1v) is 10.2. The Balaban J connectivity index is 0.000000383. The number of hydrogen-bond donors (Lipinski definition) is 1. The fourth-order valence-corrected chi connectivity index (χ4v) is 3.67. The van der Waals surface area contributed by atoms with E-state index in [1.807, 2.05) is 59.4 Å². The molecule has 2 saturated heterocycles. The van der Waals surface area contributed by atoms with Gasteiger partial charge < -0.3 is 19.5 Å². The van der Waals surface area contributed by atoms with E-state index in [1.54, 1.807) is 0 Å². The predicted octanol–water partition coefficient (Wildman–Crippen LogP) is 1.69. The summed E-state index contributed by atoms with van der Waals surface area (Å²) in [4.78, 5) is 25.5. The SMILES string of the molecule is Cn1cc(CN2CCOCC3(C2)CN(c2ccccc2)C(=O)CO3)cn1.O=C(O)C(F)(F)F. The number of nitrogens with zero attached hydrogens (tertiary/aromatic N) is 4. The van der Waals surface area contributed by atoms with E-state index in [0.717, 1.165) is 30.9 Å². The second kappa shape index (κ2) is 10.3. The van der Waals surface area contributed by atoms with E-state index in [-0.39, 0.29) is 12.5 Å². The van der Waals surface area contributed by atoms with Crippen molar-refractivity contribution in [2.24, 2.45) is 7.05 Å². The molecule has 0 saturated carbocycles. The average Bonchev–Trinajstić information content (AvgIpc) is 3.07.